The lowest BCUT2D eigenvalue weighted by molar-refractivity contribution is -0.126. The van der Waals surface area contributed by atoms with E-state index < -0.39 is 0 Å². The molecule has 0 heterocycles. The fourth-order valence-corrected chi connectivity index (χ4v) is 1.79. The number of nitrogens with one attached hydrogen (secondary N) is 1. The third-order valence-electron chi connectivity index (χ3n) is 2.64. The van der Waals surface area contributed by atoms with Gasteiger partial charge in [0.1, 0.15) is 0 Å². The molecule has 0 spiro atoms. The number of rotatable bonds is 9. The number of amides is 1. The molecule has 3 N–H and O–H groups in total. The van der Waals surface area contributed by atoms with Crippen molar-refractivity contribution in [3.63, 3.8) is 0 Å². The van der Waals surface area contributed by atoms with E-state index in [4.69, 9.17) is 10.5 Å². The number of carbonyl (C=O) groups is 1. The third-order valence-corrected chi connectivity index (χ3v) is 2.64. The van der Waals surface area contributed by atoms with Crippen molar-refractivity contribution in [3.8, 4) is 0 Å². The second-order valence-electron chi connectivity index (χ2n) is 4.17. The van der Waals surface area contributed by atoms with Crippen molar-refractivity contribution in [2.45, 2.75) is 45.6 Å². The van der Waals surface area contributed by atoms with Gasteiger partial charge in [0.05, 0.1) is 12.6 Å². The molecule has 0 aliphatic heterocycles. The van der Waals surface area contributed by atoms with Crippen LogP contribution in [0.1, 0.15) is 39.5 Å². The highest BCUT2D eigenvalue weighted by atomic mass is 16.5. The second kappa shape index (κ2) is 9.60. The predicted octanol–water partition coefficient (Wildman–Crippen LogP) is 1.29. The maximum Gasteiger partial charge on any atom is 0.223 e. The molecule has 16 heavy (non-hydrogen) atoms. The first-order valence-electron chi connectivity index (χ1n) is 6.18. The predicted molar refractivity (Wildman–Crippen MR) is 66.2 cm³/mol. The minimum absolute atomic E-state index is 0.0614. The van der Waals surface area contributed by atoms with E-state index in [1.165, 1.54) is 0 Å². The zero-order valence-corrected chi connectivity index (χ0v) is 10.8. The summed E-state index contributed by atoms with van der Waals surface area (Å²) in [6.45, 7) is 5.11. The number of carbonyl (C=O) groups excluding carboxylic acids is 1. The van der Waals surface area contributed by atoms with Crippen molar-refractivity contribution in [3.05, 3.63) is 0 Å². The van der Waals surface area contributed by atoms with E-state index in [0.29, 0.717) is 13.2 Å². The highest BCUT2D eigenvalue weighted by Gasteiger charge is 2.19. The van der Waals surface area contributed by atoms with Crippen LogP contribution in [0.5, 0.6) is 0 Å². The van der Waals surface area contributed by atoms with Crippen LogP contribution in [0.4, 0.5) is 0 Å². The first-order chi connectivity index (χ1) is 7.69. The monoisotopic (exact) mass is 230 g/mol. The summed E-state index contributed by atoms with van der Waals surface area (Å²) >= 11 is 0. The van der Waals surface area contributed by atoms with Crippen molar-refractivity contribution in [2.24, 2.45) is 11.7 Å². The van der Waals surface area contributed by atoms with Crippen molar-refractivity contribution < 1.29 is 9.53 Å². The maximum atomic E-state index is 11.9. The van der Waals surface area contributed by atoms with Gasteiger partial charge in [0.25, 0.3) is 0 Å². The van der Waals surface area contributed by atoms with Gasteiger partial charge in [-0.1, -0.05) is 26.7 Å². The Morgan fingerprint density at radius 2 is 1.88 bits per heavy atom. The third kappa shape index (κ3) is 6.08. The van der Waals surface area contributed by atoms with Gasteiger partial charge in [-0.05, 0) is 12.8 Å². The molecule has 1 unspecified atom stereocenters. The molecule has 0 aliphatic carbocycles. The van der Waals surface area contributed by atoms with Crippen LogP contribution in [0.25, 0.3) is 0 Å². The zero-order valence-electron chi connectivity index (χ0n) is 10.8. The number of hydrogen-bond acceptors (Lipinski definition) is 3. The molecule has 96 valence electrons. The summed E-state index contributed by atoms with van der Waals surface area (Å²) in [5, 5.41) is 2.95. The Morgan fingerprint density at radius 3 is 2.25 bits per heavy atom. The van der Waals surface area contributed by atoms with Crippen LogP contribution >= 0.6 is 0 Å². The van der Waals surface area contributed by atoms with Crippen molar-refractivity contribution in [2.75, 3.05) is 20.3 Å². The molecule has 0 fully saturated rings. The van der Waals surface area contributed by atoms with Gasteiger partial charge in [-0.2, -0.15) is 0 Å². The van der Waals surface area contributed by atoms with Gasteiger partial charge < -0.3 is 15.8 Å². The van der Waals surface area contributed by atoms with Crippen LogP contribution in [-0.2, 0) is 9.53 Å². The highest BCUT2D eigenvalue weighted by Crippen LogP contribution is 2.13. The van der Waals surface area contributed by atoms with Gasteiger partial charge in [0.15, 0.2) is 0 Å². The Kier molecular flexibility index (Phi) is 9.24. The van der Waals surface area contributed by atoms with Gasteiger partial charge >= 0.3 is 0 Å². The second-order valence-corrected chi connectivity index (χ2v) is 4.17. The first kappa shape index (κ1) is 15.4. The molecule has 0 radical (unpaired) electrons. The zero-order chi connectivity index (χ0) is 12.4. The molecule has 0 aromatic rings. The SMILES string of the molecule is CCCC(CCC)C(=O)NC(CN)COC. The summed E-state index contributed by atoms with van der Waals surface area (Å²) in [5.74, 6) is 0.247. The molecule has 4 heteroatoms. The molecule has 1 atom stereocenters. The van der Waals surface area contributed by atoms with E-state index in [0.717, 1.165) is 25.7 Å². The van der Waals surface area contributed by atoms with Crippen molar-refractivity contribution >= 4 is 5.91 Å². The minimum Gasteiger partial charge on any atom is -0.383 e. The molecule has 0 aromatic heterocycles. The van der Waals surface area contributed by atoms with E-state index in [1.807, 2.05) is 0 Å². The fourth-order valence-electron chi connectivity index (χ4n) is 1.79. The molecule has 1 amide bonds. The summed E-state index contributed by atoms with van der Waals surface area (Å²) in [6.07, 6.45) is 3.97. The van der Waals surface area contributed by atoms with Crippen LogP contribution < -0.4 is 11.1 Å². The standard InChI is InChI=1S/C12H26N2O2/c1-4-6-10(7-5-2)12(15)14-11(8-13)9-16-3/h10-11H,4-9,13H2,1-3H3,(H,14,15). The average Bonchev–Trinajstić information content (AvgIpc) is 2.28. The molecule has 4 nitrogen and oxygen atoms in total. The number of nitrogens with two attached hydrogens (primary N) is 1. The van der Waals surface area contributed by atoms with Crippen molar-refractivity contribution in [1.82, 2.24) is 5.32 Å². The van der Waals surface area contributed by atoms with Gasteiger partial charge in [-0.25, -0.2) is 0 Å². The molecule has 0 aromatic carbocycles. The van der Waals surface area contributed by atoms with Gasteiger partial charge in [-0.3, -0.25) is 4.79 Å². The van der Waals surface area contributed by atoms with E-state index in [1.54, 1.807) is 7.11 Å². The maximum absolute atomic E-state index is 11.9. The molecule has 0 saturated carbocycles. The van der Waals surface area contributed by atoms with Gasteiger partial charge in [-0.15, -0.1) is 0 Å². The largest absolute Gasteiger partial charge is 0.383 e. The van der Waals surface area contributed by atoms with Crippen LogP contribution in [-0.4, -0.2) is 32.2 Å². The number of hydrogen-bond donors (Lipinski definition) is 2. The van der Waals surface area contributed by atoms with Crippen LogP contribution in [0, 0.1) is 5.92 Å². The normalized spacial score (nSPS) is 12.8. The minimum atomic E-state index is -0.0614. The molecular formula is C12H26N2O2. The quantitative estimate of drug-likeness (QED) is 0.627. The van der Waals surface area contributed by atoms with E-state index in [2.05, 4.69) is 19.2 Å². The topological polar surface area (TPSA) is 64.4 Å². The summed E-state index contributed by atoms with van der Waals surface area (Å²) in [7, 11) is 1.62. The summed E-state index contributed by atoms with van der Waals surface area (Å²) < 4.78 is 5.00. The number of methoxy groups -OCH3 is 1. The fraction of sp³-hybridized carbons (Fsp3) is 0.917. The molecule has 0 bridgehead atoms. The Balaban J connectivity index is 4.14. The van der Waals surface area contributed by atoms with Crippen LogP contribution in [0.3, 0.4) is 0 Å². The lowest BCUT2D eigenvalue weighted by atomic mass is 9.97. The Bertz CT molecular complexity index is 180. The Hall–Kier alpha value is -0.610. The lowest BCUT2D eigenvalue weighted by Gasteiger charge is -2.20. The summed E-state index contributed by atoms with van der Waals surface area (Å²) in [6, 6.07) is -0.0614. The molecular weight excluding hydrogens is 204 g/mol. The van der Waals surface area contributed by atoms with E-state index >= 15 is 0 Å². The van der Waals surface area contributed by atoms with E-state index in [-0.39, 0.29) is 17.9 Å². The van der Waals surface area contributed by atoms with Gasteiger partial charge in [0.2, 0.25) is 5.91 Å². The van der Waals surface area contributed by atoms with Crippen molar-refractivity contribution in [1.29, 1.82) is 0 Å². The first-order valence-corrected chi connectivity index (χ1v) is 6.18. The molecule has 0 aliphatic rings. The van der Waals surface area contributed by atoms with Crippen LogP contribution in [0.15, 0.2) is 0 Å². The smallest absolute Gasteiger partial charge is 0.223 e. The Labute approximate surface area is 98.9 Å². The van der Waals surface area contributed by atoms with Gasteiger partial charge in [0, 0.05) is 19.6 Å². The average molecular weight is 230 g/mol. The number of ether oxygens (including phenoxy) is 1. The highest BCUT2D eigenvalue weighted by molar-refractivity contribution is 5.78. The lowest BCUT2D eigenvalue weighted by Crippen LogP contribution is -2.45. The molecule has 0 saturated heterocycles. The summed E-state index contributed by atoms with van der Waals surface area (Å²) in [5.41, 5.74) is 5.56. The Morgan fingerprint density at radius 1 is 1.31 bits per heavy atom. The van der Waals surface area contributed by atoms with Crippen LogP contribution in [0.2, 0.25) is 0 Å². The molecule has 0 rings (SSSR count). The van der Waals surface area contributed by atoms with E-state index in [9.17, 15) is 4.79 Å². The summed E-state index contributed by atoms with van der Waals surface area (Å²) in [4.78, 5) is 11.9.